The summed E-state index contributed by atoms with van der Waals surface area (Å²) < 4.78 is 8.23. The molecule has 0 saturated carbocycles. The van der Waals surface area contributed by atoms with Crippen LogP contribution in [0.3, 0.4) is 0 Å². The Kier molecular flexibility index (Phi) is 4.94. The number of thiophene rings is 1. The number of nitrogens with zero attached hydrogens (tertiary/aromatic N) is 1. The summed E-state index contributed by atoms with van der Waals surface area (Å²) in [6, 6.07) is 12.7. The first-order chi connectivity index (χ1) is 9.70. The van der Waals surface area contributed by atoms with E-state index in [1.165, 1.54) is 14.2 Å². The Balaban J connectivity index is 1.67. The number of morpholine rings is 1. The van der Waals surface area contributed by atoms with Crippen molar-refractivity contribution in [3.63, 3.8) is 0 Å². The molecule has 1 fully saturated rings. The van der Waals surface area contributed by atoms with E-state index in [2.05, 4.69) is 67.1 Å². The van der Waals surface area contributed by atoms with E-state index in [1.54, 1.807) is 0 Å². The van der Waals surface area contributed by atoms with Crippen LogP contribution in [0.5, 0.6) is 0 Å². The van der Waals surface area contributed by atoms with E-state index in [-0.39, 0.29) is 6.10 Å². The van der Waals surface area contributed by atoms with Gasteiger partial charge in [-0.2, -0.15) is 0 Å². The highest BCUT2D eigenvalue weighted by atomic mass is 79.9. The van der Waals surface area contributed by atoms with E-state index in [0.717, 1.165) is 30.7 Å². The zero-order valence-electron chi connectivity index (χ0n) is 10.9. The van der Waals surface area contributed by atoms with E-state index in [9.17, 15) is 0 Å². The molecule has 2 nitrogen and oxygen atoms in total. The highest BCUT2D eigenvalue weighted by molar-refractivity contribution is 9.11. The first kappa shape index (κ1) is 14.7. The molecule has 1 aliphatic heterocycles. The van der Waals surface area contributed by atoms with Crippen LogP contribution in [0, 0.1) is 0 Å². The van der Waals surface area contributed by atoms with Gasteiger partial charge >= 0.3 is 0 Å². The lowest BCUT2D eigenvalue weighted by molar-refractivity contribution is -0.0326. The first-order valence-electron chi connectivity index (χ1n) is 6.54. The molecule has 3 rings (SSSR count). The van der Waals surface area contributed by atoms with Gasteiger partial charge in [-0.1, -0.05) is 28.1 Å². The second-order valence-corrected chi connectivity index (χ2v) is 8.32. The number of benzene rings is 1. The van der Waals surface area contributed by atoms with Crippen LogP contribution in [0.1, 0.15) is 16.5 Å². The zero-order chi connectivity index (χ0) is 13.9. The van der Waals surface area contributed by atoms with Crippen LogP contribution in [-0.4, -0.2) is 24.6 Å². The SMILES string of the molecule is Brc1cccc(C2CN(Cc3ccc(Br)s3)CCO2)c1. The number of ether oxygens (including phenoxy) is 1. The Morgan fingerprint density at radius 2 is 2.15 bits per heavy atom. The minimum Gasteiger partial charge on any atom is -0.371 e. The van der Waals surface area contributed by atoms with Gasteiger partial charge in [0.05, 0.1) is 16.5 Å². The third-order valence-corrected chi connectivity index (χ3v) is 5.48. The molecule has 0 N–H and O–H groups in total. The number of halogens is 2. The highest BCUT2D eigenvalue weighted by Gasteiger charge is 2.22. The molecule has 1 unspecified atom stereocenters. The van der Waals surface area contributed by atoms with Crippen molar-refractivity contribution in [1.82, 2.24) is 4.90 Å². The lowest BCUT2D eigenvalue weighted by Gasteiger charge is -2.33. The lowest BCUT2D eigenvalue weighted by Crippen LogP contribution is -2.37. The second kappa shape index (κ2) is 6.71. The van der Waals surface area contributed by atoms with Crippen LogP contribution in [0.2, 0.25) is 0 Å². The number of rotatable bonds is 3. The summed E-state index contributed by atoms with van der Waals surface area (Å²) in [6.45, 7) is 3.75. The van der Waals surface area contributed by atoms with Gasteiger partial charge in [0.25, 0.3) is 0 Å². The molecule has 1 aliphatic rings. The lowest BCUT2D eigenvalue weighted by atomic mass is 10.1. The summed E-state index contributed by atoms with van der Waals surface area (Å²) in [5.74, 6) is 0. The molecule has 1 aromatic heterocycles. The molecule has 1 atom stereocenters. The Labute approximate surface area is 140 Å². The Hall–Kier alpha value is -0.200. The fourth-order valence-electron chi connectivity index (χ4n) is 2.41. The molecule has 0 aliphatic carbocycles. The van der Waals surface area contributed by atoms with E-state index in [0.29, 0.717) is 0 Å². The third-order valence-electron chi connectivity index (χ3n) is 3.38. The number of hydrogen-bond acceptors (Lipinski definition) is 3. The molecule has 2 heterocycles. The Morgan fingerprint density at radius 1 is 1.25 bits per heavy atom. The molecular formula is C15H15Br2NOS. The third kappa shape index (κ3) is 3.71. The van der Waals surface area contributed by atoms with E-state index in [1.807, 2.05) is 17.4 Å². The van der Waals surface area contributed by atoms with Crippen LogP contribution >= 0.6 is 43.2 Å². The molecule has 1 saturated heterocycles. The first-order valence-corrected chi connectivity index (χ1v) is 8.94. The van der Waals surface area contributed by atoms with Gasteiger partial charge in [0, 0.05) is 29.0 Å². The van der Waals surface area contributed by atoms with Gasteiger partial charge in [0.1, 0.15) is 0 Å². The largest absolute Gasteiger partial charge is 0.371 e. The summed E-state index contributed by atoms with van der Waals surface area (Å²) in [7, 11) is 0. The van der Waals surface area contributed by atoms with E-state index >= 15 is 0 Å². The quantitative estimate of drug-likeness (QED) is 0.709. The maximum absolute atomic E-state index is 5.92. The van der Waals surface area contributed by atoms with Crippen molar-refractivity contribution >= 4 is 43.2 Å². The summed E-state index contributed by atoms with van der Waals surface area (Å²) in [6.07, 6.45) is 0.171. The smallest absolute Gasteiger partial charge is 0.0952 e. The fraction of sp³-hybridized carbons (Fsp3) is 0.333. The van der Waals surface area contributed by atoms with Crippen LogP contribution < -0.4 is 0 Å². The summed E-state index contributed by atoms with van der Waals surface area (Å²) in [5, 5.41) is 0. The molecule has 1 aromatic carbocycles. The van der Waals surface area contributed by atoms with E-state index in [4.69, 9.17) is 4.74 Å². The van der Waals surface area contributed by atoms with Crippen molar-refractivity contribution in [3.05, 3.63) is 55.1 Å². The van der Waals surface area contributed by atoms with Crippen molar-refractivity contribution in [2.24, 2.45) is 0 Å². The molecule has 5 heteroatoms. The molecule has 0 bridgehead atoms. The Morgan fingerprint density at radius 3 is 2.90 bits per heavy atom. The molecular weight excluding hydrogens is 402 g/mol. The van der Waals surface area contributed by atoms with Gasteiger partial charge in [-0.3, -0.25) is 4.90 Å². The van der Waals surface area contributed by atoms with Crippen molar-refractivity contribution in [1.29, 1.82) is 0 Å². The van der Waals surface area contributed by atoms with Crippen LogP contribution in [0.15, 0.2) is 44.7 Å². The van der Waals surface area contributed by atoms with Crippen molar-refractivity contribution in [2.75, 3.05) is 19.7 Å². The molecule has 0 radical (unpaired) electrons. The molecule has 0 amide bonds. The summed E-state index contributed by atoms with van der Waals surface area (Å²) >= 11 is 8.86. The maximum atomic E-state index is 5.92. The standard InChI is InChI=1S/C15H15Br2NOS/c16-12-3-1-2-11(8-12)14-10-18(6-7-19-14)9-13-4-5-15(17)20-13/h1-5,8,14H,6-7,9-10H2. The van der Waals surface area contributed by atoms with Crippen molar-refractivity contribution in [3.8, 4) is 0 Å². The van der Waals surface area contributed by atoms with Gasteiger partial charge in [-0.05, 0) is 45.8 Å². The minimum atomic E-state index is 0.171. The normalized spacial score (nSPS) is 20.2. The Bertz CT molecular complexity index is 587. The number of hydrogen-bond donors (Lipinski definition) is 0. The monoisotopic (exact) mass is 415 g/mol. The van der Waals surface area contributed by atoms with Gasteiger partial charge in [0.15, 0.2) is 0 Å². The van der Waals surface area contributed by atoms with Crippen molar-refractivity contribution < 1.29 is 4.74 Å². The molecule has 106 valence electrons. The van der Waals surface area contributed by atoms with Gasteiger partial charge < -0.3 is 4.74 Å². The fourth-order valence-corrected chi connectivity index (χ4v) is 4.35. The average Bonchev–Trinajstić information content (AvgIpc) is 2.84. The molecule has 20 heavy (non-hydrogen) atoms. The van der Waals surface area contributed by atoms with Crippen LogP contribution in [-0.2, 0) is 11.3 Å². The predicted molar refractivity (Wildman–Crippen MR) is 90.1 cm³/mol. The molecule has 0 spiro atoms. The van der Waals surface area contributed by atoms with Crippen LogP contribution in [0.4, 0.5) is 0 Å². The maximum Gasteiger partial charge on any atom is 0.0952 e. The topological polar surface area (TPSA) is 12.5 Å². The minimum absolute atomic E-state index is 0.171. The summed E-state index contributed by atoms with van der Waals surface area (Å²) in [5.41, 5.74) is 1.25. The average molecular weight is 417 g/mol. The predicted octanol–water partition coefficient (Wildman–Crippen LogP) is 4.85. The highest BCUT2D eigenvalue weighted by Crippen LogP contribution is 2.28. The van der Waals surface area contributed by atoms with Crippen LogP contribution in [0.25, 0.3) is 0 Å². The van der Waals surface area contributed by atoms with E-state index < -0.39 is 0 Å². The van der Waals surface area contributed by atoms with Gasteiger partial charge in [-0.25, -0.2) is 0 Å². The summed E-state index contributed by atoms with van der Waals surface area (Å²) in [4.78, 5) is 3.86. The van der Waals surface area contributed by atoms with Gasteiger partial charge in [0.2, 0.25) is 0 Å². The van der Waals surface area contributed by atoms with Crippen molar-refractivity contribution in [2.45, 2.75) is 12.6 Å². The second-order valence-electron chi connectivity index (χ2n) is 4.86. The zero-order valence-corrected chi connectivity index (χ0v) is 14.9. The molecule has 2 aromatic rings. The van der Waals surface area contributed by atoms with Gasteiger partial charge in [-0.15, -0.1) is 11.3 Å².